The number of carbonyl (C=O) groups is 2. The van der Waals surface area contributed by atoms with Crippen molar-refractivity contribution < 1.29 is 14.3 Å². The lowest BCUT2D eigenvalue weighted by Crippen LogP contribution is -2.48. The number of methoxy groups -OCH3 is 1. The van der Waals surface area contributed by atoms with Gasteiger partial charge in [0.2, 0.25) is 5.91 Å². The van der Waals surface area contributed by atoms with Crippen LogP contribution in [0.2, 0.25) is 0 Å². The third-order valence-electron chi connectivity index (χ3n) is 3.14. The zero-order valence-corrected chi connectivity index (χ0v) is 10.9. The largest absolute Gasteiger partial charge is 0.469 e. The highest BCUT2D eigenvalue weighted by Crippen LogP contribution is 2.10. The van der Waals surface area contributed by atoms with Gasteiger partial charge in [-0.1, -0.05) is 13.3 Å². The molecule has 2 atom stereocenters. The fraction of sp³-hybridized carbons (Fsp3) is 0.833. The van der Waals surface area contributed by atoms with E-state index in [0.717, 1.165) is 25.8 Å². The minimum Gasteiger partial charge on any atom is -0.469 e. The molecule has 0 bridgehead atoms. The third-order valence-corrected chi connectivity index (χ3v) is 3.14. The Bertz CT molecular complexity index is 275. The Balaban J connectivity index is 2.43. The van der Waals surface area contributed by atoms with Crippen LogP contribution in [0, 0.1) is 5.92 Å². The molecule has 1 aliphatic heterocycles. The topological polar surface area (TPSA) is 58.6 Å². The van der Waals surface area contributed by atoms with Crippen LogP contribution in [-0.2, 0) is 14.3 Å². The molecular weight excluding hydrogens is 220 g/mol. The lowest BCUT2D eigenvalue weighted by atomic mass is 10.0. The van der Waals surface area contributed by atoms with Gasteiger partial charge in [0, 0.05) is 13.6 Å². The maximum atomic E-state index is 12.1. The Morgan fingerprint density at radius 1 is 1.47 bits per heavy atom. The number of hydrogen-bond donors (Lipinski definition) is 1. The van der Waals surface area contributed by atoms with E-state index in [0.29, 0.717) is 6.54 Å². The zero-order chi connectivity index (χ0) is 12.8. The SMILES string of the molecule is COC(=O)C(C)CN(C)C(=O)[C@H]1CCCCN1. The van der Waals surface area contributed by atoms with Crippen molar-refractivity contribution >= 4 is 11.9 Å². The number of carbonyl (C=O) groups excluding carboxylic acids is 2. The molecule has 1 fully saturated rings. The van der Waals surface area contributed by atoms with Gasteiger partial charge in [0.15, 0.2) is 0 Å². The van der Waals surface area contributed by atoms with E-state index in [4.69, 9.17) is 0 Å². The molecule has 0 aromatic heterocycles. The average Bonchev–Trinajstić information content (AvgIpc) is 2.37. The van der Waals surface area contributed by atoms with Gasteiger partial charge in [-0.15, -0.1) is 0 Å². The molecule has 0 aromatic carbocycles. The van der Waals surface area contributed by atoms with Gasteiger partial charge >= 0.3 is 5.97 Å². The molecule has 0 aliphatic carbocycles. The molecule has 1 amide bonds. The van der Waals surface area contributed by atoms with E-state index in [2.05, 4.69) is 10.1 Å². The van der Waals surface area contributed by atoms with Crippen molar-refractivity contribution in [1.29, 1.82) is 0 Å². The van der Waals surface area contributed by atoms with E-state index in [1.54, 1.807) is 18.9 Å². The molecule has 1 N–H and O–H groups in total. The number of hydrogen-bond acceptors (Lipinski definition) is 4. The fourth-order valence-corrected chi connectivity index (χ4v) is 2.11. The number of nitrogens with zero attached hydrogens (tertiary/aromatic N) is 1. The first-order chi connectivity index (χ1) is 8.06. The summed E-state index contributed by atoms with van der Waals surface area (Å²) in [5.74, 6) is -0.487. The van der Waals surface area contributed by atoms with Gasteiger partial charge in [0.25, 0.3) is 0 Å². The molecule has 1 heterocycles. The Labute approximate surface area is 102 Å². The van der Waals surface area contributed by atoms with E-state index in [-0.39, 0.29) is 23.8 Å². The molecule has 0 radical (unpaired) electrons. The summed E-state index contributed by atoms with van der Waals surface area (Å²) in [6.07, 6.45) is 3.10. The first-order valence-electron chi connectivity index (χ1n) is 6.12. The van der Waals surface area contributed by atoms with Crippen molar-refractivity contribution in [1.82, 2.24) is 10.2 Å². The van der Waals surface area contributed by atoms with E-state index in [9.17, 15) is 9.59 Å². The molecule has 1 aliphatic rings. The standard InChI is InChI=1S/C12H22N2O3/c1-9(12(16)17-3)8-14(2)11(15)10-6-4-5-7-13-10/h9-10,13H,4-8H2,1-3H3/t9?,10-/m1/s1. The van der Waals surface area contributed by atoms with Crippen LogP contribution < -0.4 is 5.32 Å². The quantitative estimate of drug-likeness (QED) is 0.725. The van der Waals surface area contributed by atoms with Crippen molar-refractivity contribution in [2.45, 2.75) is 32.2 Å². The molecule has 1 rings (SSSR count). The molecule has 1 saturated heterocycles. The number of likely N-dealkylation sites (N-methyl/N-ethyl adjacent to an activating group) is 1. The molecule has 0 aromatic rings. The number of esters is 1. The van der Waals surface area contributed by atoms with Gasteiger partial charge in [-0.05, 0) is 19.4 Å². The lowest BCUT2D eigenvalue weighted by molar-refractivity contribution is -0.146. The van der Waals surface area contributed by atoms with Crippen LogP contribution in [-0.4, -0.2) is 50.1 Å². The molecule has 1 unspecified atom stereocenters. The predicted molar refractivity (Wildman–Crippen MR) is 64.5 cm³/mol. The van der Waals surface area contributed by atoms with E-state index in [1.807, 2.05) is 0 Å². The Kier molecular flexibility index (Phi) is 5.41. The summed E-state index contributed by atoms with van der Waals surface area (Å²) in [5, 5.41) is 3.21. The summed E-state index contributed by atoms with van der Waals surface area (Å²) >= 11 is 0. The van der Waals surface area contributed by atoms with Crippen LogP contribution in [0.5, 0.6) is 0 Å². The highest BCUT2D eigenvalue weighted by Gasteiger charge is 2.25. The second kappa shape index (κ2) is 6.59. The molecular formula is C12H22N2O3. The average molecular weight is 242 g/mol. The molecule has 0 saturated carbocycles. The third kappa shape index (κ3) is 4.00. The molecule has 0 spiro atoms. The fourth-order valence-electron chi connectivity index (χ4n) is 2.11. The Morgan fingerprint density at radius 2 is 2.18 bits per heavy atom. The maximum Gasteiger partial charge on any atom is 0.310 e. The highest BCUT2D eigenvalue weighted by atomic mass is 16.5. The lowest BCUT2D eigenvalue weighted by Gasteiger charge is -2.28. The smallest absolute Gasteiger partial charge is 0.310 e. The molecule has 5 nitrogen and oxygen atoms in total. The van der Waals surface area contributed by atoms with Gasteiger partial charge in [-0.25, -0.2) is 0 Å². The van der Waals surface area contributed by atoms with Gasteiger partial charge in [0.1, 0.15) is 0 Å². The second-order valence-corrected chi connectivity index (χ2v) is 4.65. The van der Waals surface area contributed by atoms with Crippen molar-refractivity contribution in [3.05, 3.63) is 0 Å². The van der Waals surface area contributed by atoms with E-state index < -0.39 is 0 Å². The highest BCUT2D eigenvalue weighted by molar-refractivity contribution is 5.82. The molecule has 17 heavy (non-hydrogen) atoms. The minimum atomic E-state index is -0.280. The van der Waals surface area contributed by atoms with Crippen LogP contribution in [0.15, 0.2) is 0 Å². The van der Waals surface area contributed by atoms with Gasteiger partial charge in [-0.3, -0.25) is 9.59 Å². The number of rotatable bonds is 4. The summed E-state index contributed by atoms with van der Waals surface area (Å²) in [6, 6.07) is -0.0846. The normalized spacial score (nSPS) is 21.7. The van der Waals surface area contributed by atoms with Crippen LogP contribution in [0.3, 0.4) is 0 Å². The monoisotopic (exact) mass is 242 g/mol. The summed E-state index contributed by atoms with van der Waals surface area (Å²) < 4.78 is 4.65. The minimum absolute atomic E-state index is 0.0699. The van der Waals surface area contributed by atoms with Gasteiger partial charge in [0.05, 0.1) is 19.1 Å². The first kappa shape index (κ1) is 14.0. The number of amides is 1. The van der Waals surface area contributed by atoms with Crippen LogP contribution >= 0.6 is 0 Å². The van der Waals surface area contributed by atoms with E-state index in [1.165, 1.54) is 7.11 Å². The summed E-state index contributed by atoms with van der Waals surface area (Å²) in [4.78, 5) is 24.9. The van der Waals surface area contributed by atoms with E-state index >= 15 is 0 Å². The van der Waals surface area contributed by atoms with Crippen molar-refractivity contribution in [2.75, 3.05) is 27.2 Å². The van der Waals surface area contributed by atoms with Crippen LogP contribution in [0.1, 0.15) is 26.2 Å². The zero-order valence-electron chi connectivity index (χ0n) is 10.9. The maximum absolute atomic E-state index is 12.1. The predicted octanol–water partition coefficient (Wildman–Crippen LogP) is 0.396. The van der Waals surface area contributed by atoms with Crippen molar-refractivity contribution in [3.63, 3.8) is 0 Å². The van der Waals surface area contributed by atoms with Crippen LogP contribution in [0.25, 0.3) is 0 Å². The number of nitrogens with one attached hydrogen (secondary N) is 1. The summed E-state index contributed by atoms with van der Waals surface area (Å²) in [6.45, 7) is 3.07. The first-order valence-corrected chi connectivity index (χ1v) is 6.12. The van der Waals surface area contributed by atoms with Crippen molar-refractivity contribution in [2.24, 2.45) is 5.92 Å². The second-order valence-electron chi connectivity index (χ2n) is 4.65. The van der Waals surface area contributed by atoms with Gasteiger partial charge < -0.3 is 15.0 Å². The van der Waals surface area contributed by atoms with Crippen molar-refractivity contribution in [3.8, 4) is 0 Å². The Morgan fingerprint density at radius 3 is 2.71 bits per heavy atom. The summed E-state index contributed by atoms with van der Waals surface area (Å²) in [5.41, 5.74) is 0. The Hall–Kier alpha value is -1.10. The van der Waals surface area contributed by atoms with Gasteiger partial charge in [-0.2, -0.15) is 0 Å². The summed E-state index contributed by atoms with van der Waals surface area (Å²) in [7, 11) is 3.10. The molecule has 5 heteroatoms. The number of piperidine rings is 1. The number of ether oxygens (including phenoxy) is 1. The van der Waals surface area contributed by atoms with Crippen LogP contribution in [0.4, 0.5) is 0 Å². The molecule has 98 valence electrons.